The first-order valence-corrected chi connectivity index (χ1v) is 24.5. The van der Waals surface area contributed by atoms with Crippen molar-refractivity contribution in [3.8, 4) is 0 Å². The SMILES string of the molecule is CC(C)=CCC[C@](C)(O[C@@H]1O[C@H](CO[C@@H]2O[C@H](CO)[C@@H](O)[C@H](O)[C@H]2O)[C@@H](O)[C@H](O)[C@H]1O)[C@H]1CC[C@]2(C)[C@@H]1[C@H](O)C[C@@H]1[C@@]3(C)CC[C@H](O)C(C)(C)[C@@H]3[C@@H](O[C@@H]3O[C@H](CO)[C@@H](O)[C@H](O)[C@H]3O)C[C@]12C. The average molecular weight is 963 g/mol. The molecule has 0 unspecified atom stereocenters. The van der Waals surface area contributed by atoms with Crippen LogP contribution in [0.25, 0.3) is 0 Å². The molecule has 0 amide bonds. The van der Waals surface area contributed by atoms with Crippen LogP contribution in [0.3, 0.4) is 0 Å². The first-order chi connectivity index (χ1) is 31.2. The molecule has 3 saturated heterocycles. The molecule has 26 atom stereocenters. The van der Waals surface area contributed by atoms with E-state index in [9.17, 15) is 66.4 Å². The van der Waals surface area contributed by atoms with Crippen LogP contribution in [0.15, 0.2) is 11.6 Å². The molecule has 0 aromatic carbocycles. The molecule has 0 aromatic rings. The summed E-state index contributed by atoms with van der Waals surface area (Å²) in [7, 11) is 0. The fourth-order valence-corrected chi connectivity index (χ4v) is 14.8. The Kier molecular flexibility index (Phi) is 15.9. The molecule has 13 N–H and O–H groups in total. The van der Waals surface area contributed by atoms with Gasteiger partial charge in [-0.25, -0.2) is 0 Å². The van der Waals surface area contributed by atoms with Crippen LogP contribution in [0.2, 0.25) is 0 Å². The average Bonchev–Trinajstić information content (AvgIpc) is 3.66. The lowest BCUT2D eigenvalue weighted by atomic mass is 9.34. The maximum atomic E-state index is 12.7. The number of aliphatic hydroxyl groups excluding tert-OH is 13. The Morgan fingerprint density at radius 2 is 1.19 bits per heavy atom. The van der Waals surface area contributed by atoms with Gasteiger partial charge in [0.1, 0.15) is 73.2 Å². The molecule has 388 valence electrons. The standard InChI is InChI=1S/C48H82O19/c1-21(2)10-9-13-48(8,67-43-39(61)36(58)33(55)27(66-43)20-62-41-37(59)34(56)31(53)25(18-49)64-41)22-11-15-46(6)30(22)23(51)16-28-45(5)14-12-29(52)44(3,4)40(45)24(17-47(28,46)7)63-42-38(60)35(57)32(54)26(19-50)65-42/h10,22-43,49-61H,9,11-20H2,1-8H3/t22-,23+,24-,25+,26+,27+,28+,29-,30-,31+,32+,33+,34-,35-,36-,37+,38+,39+,40-,41+,42+,43-,45+,46+,47+,48-/m0/s1. The van der Waals surface area contributed by atoms with Crippen LogP contribution in [0.5, 0.6) is 0 Å². The highest BCUT2D eigenvalue weighted by molar-refractivity contribution is 5.22. The maximum Gasteiger partial charge on any atom is 0.187 e. The smallest absolute Gasteiger partial charge is 0.187 e. The van der Waals surface area contributed by atoms with Crippen LogP contribution in [0.4, 0.5) is 0 Å². The van der Waals surface area contributed by atoms with Crippen molar-refractivity contribution in [2.75, 3.05) is 19.8 Å². The molecule has 19 heteroatoms. The topological polar surface area (TPSA) is 318 Å². The quantitative estimate of drug-likeness (QED) is 0.0773. The second kappa shape index (κ2) is 19.8. The third-order valence-electron chi connectivity index (χ3n) is 18.7. The van der Waals surface area contributed by atoms with E-state index in [1.807, 2.05) is 34.6 Å². The molecule has 3 heterocycles. The lowest BCUT2D eigenvalue weighted by Gasteiger charge is -2.72. The van der Waals surface area contributed by atoms with Gasteiger partial charge in [0.05, 0.1) is 43.7 Å². The Hall–Kier alpha value is -1.02. The fourth-order valence-electron chi connectivity index (χ4n) is 14.8. The van der Waals surface area contributed by atoms with Crippen LogP contribution in [0.1, 0.15) is 107 Å². The number of hydrogen-bond acceptors (Lipinski definition) is 19. The summed E-state index contributed by atoms with van der Waals surface area (Å²) >= 11 is 0. The second-order valence-electron chi connectivity index (χ2n) is 23.1. The van der Waals surface area contributed by atoms with Crippen LogP contribution in [0, 0.1) is 45.3 Å². The lowest BCUT2D eigenvalue weighted by molar-refractivity contribution is -0.353. The zero-order chi connectivity index (χ0) is 49.5. The monoisotopic (exact) mass is 963 g/mol. The molecule has 4 saturated carbocycles. The van der Waals surface area contributed by atoms with E-state index in [0.29, 0.717) is 51.4 Å². The molecule has 0 radical (unpaired) electrons. The zero-order valence-corrected chi connectivity index (χ0v) is 40.3. The summed E-state index contributed by atoms with van der Waals surface area (Å²) in [6.45, 7) is 14.7. The van der Waals surface area contributed by atoms with Crippen molar-refractivity contribution in [3.63, 3.8) is 0 Å². The Morgan fingerprint density at radius 1 is 0.657 bits per heavy atom. The Morgan fingerprint density at radius 3 is 1.78 bits per heavy atom. The third-order valence-corrected chi connectivity index (χ3v) is 18.7. The largest absolute Gasteiger partial charge is 0.394 e. The first kappa shape index (κ1) is 53.8. The van der Waals surface area contributed by atoms with Gasteiger partial charge >= 0.3 is 0 Å². The van der Waals surface area contributed by atoms with E-state index >= 15 is 0 Å². The maximum absolute atomic E-state index is 12.7. The number of aliphatic hydroxyl groups is 13. The highest BCUT2D eigenvalue weighted by Gasteiger charge is 2.74. The summed E-state index contributed by atoms with van der Waals surface area (Å²) in [6.07, 6.45) is -19.2. The van der Waals surface area contributed by atoms with E-state index in [2.05, 4.69) is 26.8 Å². The van der Waals surface area contributed by atoms with Gasteiger partial charge in [-0.1, -0.05) is 46.3 Å². The summed E-state index contributed by atoms with van der Waals surface area (Å²) in [5.41, 5.74) is -2.39. The minimum absolute atomic E-state index is 0.0659. The Balaban J connectivity index is 1.20. The number of fused-ring (bicyclic) bond motifs is 5. The predicted molar refractivity (Wildman–Crippen MR) is 235 cm³/mol. The molecule has 4 aliphatic carbocycles. The van der Waals surface area contributed by atoms with Crippen molar-refractivity contribution in [2.45, 2.75) is 223 Å². The van der Waals surface area contributed by atoms with E-state index in [0.717, 1.165) is 5.57 Å². The van der Waals surface area contributed by atoms with Gasteiger partial charge in [-0.05, 0) is 117 Å². The number of ether oxygens (including phenoxy) is 6. The van der Waals surface area contributed by atoms with Gasteiger partial charge < -0.3 is 94.8 Å². The summed E-state index contributed by atoms with van der Waals surface area (Å²) in [5.74, 6) is -1.11. The van der Waals surface area contributed by atoms with Crippen molar-refractivity contribution < 1.29 is 94.8 Å². The highest BCUT2D eigenvalue weighted by atomic mass is 16.7. The van der Waals surface area contributed by atoms with Crippen molar-refractivity contribution in [2.24, 2.45) is 45.3 Å². The molecule has 19 nitrogen and oxygen atoms in total. The minimum atomic E-state index is -1.77. The second-order valence-corrected chi connectivity index (χ2v) is 23.1. The van der Waals surface area contributed by atoms with Gasteiger partial charge in [-0.2, -0.15) is 0 Å². The molecular weight excluding hydrogens is 881 g/mol. The molecule has 0 aromatic heterocycles. The molecule has 67 heavy (non-hydrogen) atoms. The number of allylic oxidation sites excluding steroid dienone is 2. The van der Waals surface area contributed by atoms with E-state index in [1.54, 1.807) is 0 Å². The van der Waals surface area contributed by atoms with Gasteiger partial charge in [0.2, 0.25) is 0 Å². The van der Waals surface area contributed by atoms with Crippen LogP contribution < -0.4 is 0 Å². The third kappa shape index (κ3) is 9.13. The van der Waals surface area contributed by atoms with Gasteiger partial charge in [0.25, 0.3) is 0 Å². The predicted octanol–water partition coefficient (Wildman–Crippen LogP) is -1.06. The van der Waals surface area contributed by atoms with Crippen LogP contribution >= 0.6 is 0 Å². The summed E-state index contributed by atoms with van der Waals surface area (Å²) in [5, 5.41) is 142. The van der Waals surface area contributed by atoms with E-state index in [-0.39, 0.29) is 23.7 Å². The van der Waals surface area contributed by atoms with Crippen molar-refractivity contribution in [1.29, 1.82) is 0 Å². The zero-order valence-electron chi connectivity index (χ0n) is 40.3. The molecule has 7 aliphatic rings. The first-order valence-electron chi connectivity index (χ1n) is 24.5. The fraction of sp³-hybridized carbons (Fsp3) is 0.958. The highest BCUT2D eigenvalue weighted by Crippen LogP contribution is 2.76. The molecule has 3 aliphatic heterocycles. The molecule has 7 rings (SSSR count). The lowest BCUT2D eigenvalue weighted by Crippen LogP contribution is -2.71. The Labute approximate surface area is 393 Å². The van der Waals surface area contributed by atoms with E-state index < -0.39 is 158 Å². The molecule has 0 spiro atoms. The van der Waals surface area contributed by atoms with Crippen molar-refractivity contribution >= 4 is 0 Å². The van der Waals surface area contributed by atoms with Crippen LogP contribution in [-0.4, -0.2) is 202 Å². The minimum Gasteiger partial charge on any atom is -0.394 e. The van der Waals surface area contributed by atoms with Gasteiger partial charge in [0, 0.05) is 0 Å². The molecular formula is C48H82O19. The van der Waals surface area contributed by atoms with Gasteiger partial charge in [-0.3, -0.25) is 0 Å². The number of rotatable bonds is 13. The Bertz CT molecular complexity index is 1710. The van der Waals surface area contributed by atoms with E-state index in [1.165, 1.54) is 0 Å². The molecule has 7 fully saturated rings. The summed E-state index contributed by atoms with van der Waals surface area (Å²) < 4.78 is 37.1. The van der Waals surface area contributed by atoms with Crippen molar-refractivity contribution in [1.82, 2.24) is 0 Å². The molecule has 0 bridgehead atoms. The van der Waals surface area contributed by atoms with Crippen molar-refractivity contribution in [3.05, 3.63) is 11.6 Å². The van der Waals surface area contributed by atoms with Crippen LogP contribution in [-0.2, 0) is 28.4 Å². The normalized spacial score (nSPS) is 52.9. The summed E-state index contributed by atoms with van der Waals surface area (Å²) in [6, 6.07) is 0. The summed E-state index contributed by atoms with van der Waals surface area (Å²) in [4.78, 5) is 0. The number of hydrogen-bond donors (Lipinski definition) is 13. The van der Waals surface area contributed by atoms with Gasteiger partial charge in [-0.15, -0.1) is 0 Å². The van der Waals surface area contributed by atoms with E-state index in [4.69, 9.17) is 28.4 Å². The van der Waals surface area contributed by atoms with Gasteiger partial charge in [0.15, 0.2) is 18.9 Å².